The van der Waals surface area contributed by atoms with Crippen molar-refractivity contribution in [1.82, 2.24) is 57.8 Å². The van der Waals surface area contributed by atoms with Crippen molar-refractivity contribution in [2.75, 3.05) is 19.7 Å². The number of hydrogen-bond donors (Lipinski definition) is 16. The van der Waals surface area contributed by atoms with Crippen LogP contribution in [0.25, 0.3) is 10.9 Å². The number of primary amides is 3. The lowest BCUT2D eigenvalue weighted by Gasteiger charge is -2.33. The van der Waals surface area contributed by atoms with E-state index in [0.29, 0.717) is 30.5 Å². The van der Waals surface area contributed by atoms with Crippen LogP contribution >= 0.6 is 0 Å². The molecule has 3 aliphatic rings. The predicted octanol–water partition coefficient (Wildman–Crippen LogP) is -4.45. The van der Waals surface area contributed by atoms with Crippen molar-refractivity contribution < 1.29 is 53.1 Å². The van der Waals surface area contributed by atoms with Gasteiger partial charge in [-0.25, -0.2) is 0 Å². The number of para-hydroxylation sites is 1. The Hall–Kier alpha value is -8.57. The van der Waals surface area contributed by atoms with Gasteiger partial charge >= 0.3 is 0 Å². The SMILES string of the molecule is CC[C@H](C)[C@H](NC(=O)[C@@H](N)CCCN=C(N)N)C(=O)N[C@@H](CC(N)=O)C(=O)N[C@@H](CC(N)=O)C(=O)N[C@H](C(=O)N1CC(C2=CN(C3=CC=CC3)NN2)C[C@H]1C(=O)N[C@@H](Cc1c[nH]c2ccccc12)C(=O)N[C@@H](CO)C(N)=O)[C@@H](C)CC. The van der Waals surface area contributed by atoms with E-state index < -0.39 is 145 Å². The number of carbonyl (C=O) groups is 10. The first kappa shape index (κ1) is 63.3. The van der Waals surface area contributed by atoms with Crippen LogP contribution in [0.3, 0.4) is 0 Å². The Morgan fingerprint density at radius 3 is 1.98 bits per heavy atom. The quantitative estimate of drug-likeness (QED) is 0.0192. The van der Waals surface area contributed by atoms with Gasteiger partial charge in [-0.3, -0.25) is 57.9 Å². The molecule has 29 nitrogen and oxygen atoms in total. The van der Waals surface area contributed by atoms with Crippen LogP contribution in [-0.2, 0) is 54.4 Å². The molecule has 442 valence electrons. The molecule has 0 radical (unpaired) electrons. The first-order chi connectivity index (χ1) is 38.5. The number of aliphatic hydroxyl groups excluding tert-OH is 1. The van der Waals surface area contributed by atoms with Crippen molar-refractivity contribution in [3.8, 4) is 0 Å². The van der Waals surface area contributed by atoms with Crippen LogP contribution in [0.5, 0.6) is 0 Å². The Balaban J connectivity index is 1.42. The van der Waals surface area contributed by atoms with Gasteiger partial charge in [0.05, 0.1) is 31.2 Å². The number of amides is 10. The maximum Gasteiger partial charge on any atom is 0.246 e. The largest absolute Gasteiger partial charge is 0.394 e. The Bertz CT molecular complexity index is 2780. The second-order valence-corrected chi connectivity index (χ2v) is 20.5. The summed E-state index contributed by atoms with van der Waals surface area (Å²) in [5.74, 6) is -11.3. The van der Waals surface area contributed by atoms with Gasteiger partial charge < -0.3 is 86.7 Å². The predicted molar refractivity (Wildman–Crippen MR) is 296 cm³/mol. The fourth-order valence-corrected chi connectivity index (χ4v) is 9.42. The van der Waals surface area contributed by atoms with Crippen LogP contribution in [0, 0.1) is 17.8 Å². The number of aliphatic hydroxyl groups is 1. The van der Waals surface area contributed by atoms with E-state index in [4.69, 9.17) is 34.4 Å². The molecule has 0 spiro atoms. The first-order valence-electron chi connectivity index (χ1n) is 26.8. The number of nitrogens with one attached hydrogen (secondary N) is 9. The number of nitrogens with zero attached hydrogens (tertiary/aromatic N) is 3. The summed E-state index contributed by atoms with van der Waals surface area (Å²) >= 11 is 0. The van der Waals surface area contributed by atoms with Crippen LogP contribution < -0.4 is 77.3 Å². The highest BCUT2D eigenvalue weighted by Gasteiger charge is 2.46. The fourth-order valence-electron chi connectivity index (χ4n) is 9.42. The number of H-pyrrole nitrogens is 1. The number of hydrogen-bond acceptors (Lipinski definition) is 16. The molecule has 11 atom stereocenters. The van der Waals surface area contributed by atoms with Gasteiger partial charge in [-0.05, 0) is 48.8 Å². The number of benzene rings is 1. The molecule has 1 fully saturated rings. The van der Waals surface area contributed by atoms with E-state index in [0.717, 1.165) is 16.6 Å². The lowest BCUT2D eigenvalue weighted by molar-refractivity contribution is -0.144. The molecule has 22 N–H and O–H groups in total. The summed E-state index contributed by atoms with van der Waals surface area (Å²) in [5, 5.41) is 27.6. The smallest absolute Gasteiger partial charge is 0.246 e. The summed E-state index contributed by atoms with van der Waals surface area (Å²) in [4.78, 5) is 145. The Labute approximate surface area is 467 Å². The molecule has 10 amide bonds. The Morgan fingerprint density at radius 1 is 0.765 bits per heavy atom. The second-order valence-electron chi connectivity index (χ2n) is 20.5. The molecule has 1 aromatic carbocycles. The third kappa shape index (κ3) is 17.5. The maximum absolute atomic E-state index is 15.2. The van der Waals surface area contributed by atoms with Gasteiger partial charge in [-0.1, -0.05) is 70.9 Å². The molecule has 1 saturated heterocycles. The van der Waals surface area contributed by atoms with Crippen molar-refractivity contribution in [3.63, 3.8) is 0 Å². The lowest BCUT2D eigenvalue weighted by atomic mass is 9.96. The minimum absolute atomic E-state index is 0.00519. The number of carbonyl (C=O) groups excluding carboxylic acids is 10. The first-order valence-corrected chi connectivity index (χ1v) is 26.8. The number of aromatic amines is 1. The number of allylic oxidation sites excluding steroid dienone is 3. The molecule has 0 saturated carbocycles. The highest BCUT2D eigenvalue weighted by Crippen LogP contribution is 2.32. The molecule has 29 heteroatoms. The summed E-state index contributed by atoms with van der Waals surface area (Å²) in [6.45, 7) is 6.06. The van der Waals surface area contributed by atoms with Crippen molar-refractivity contribution in [2.45, 2.75) is 134 Å². The van der Waals surface area contributed by atoms with Crippen LogP contribution in [0.1, 0.15) is 84.6 Å². The minimum Gasteiger partial charge on any atom is -0.394 e. The van der Waals surface area contributed by atoms with Crippen LogP contribution in [-0.4, -0.2) is 153 Å². The number of nitrogens with two attached hydrogens (primary N) is 6. The minimum atomic E-state index is -1.81. The third-order valence-corrected chi connectivity index (χ3v) is 14.5. The zero-order chi connectivity index (χ0) is 59.7. The number of aromatic nitrogens is 1. The van der Waals surface area contributed by atoms with Crippen LogP contribution in [0.2, 0.25) is 0 Å². The van der Waals surface area contributed by atoms with Gasteiger partial charge in [-0.15, -0.1) is 5.53 Å². The molecule has 1 aromatic heterocycles. The summed E-state index contributed by atoms with van der Waals surface area (Å²) in [6, 6.07) is -4.36. The van der Waals surface area contributed by atoms with Gasteiger partial charge in [0, 0.05) is 60.8 Å². The summed E-state index contributed by atoms with van der Waals surface area (Å²) in [7, 11) is 0. The Morgan fingerprint density at radius 2 is 1.37 bits per heavy atom. The average molecular weight is 1130 g/mol. The molecule has 0 bridgehead atoms. The van der Waals surface area contributed by atoms with E-state index in [2.05, 4.69) is 52.8 Å². The number of rotatable bonds is 31. The van der Waals surface area contributed by atoms with E-state index in [1.165, 1.54) is 4.90 Å². The van der Waals surface area contributed by atoms with Gasteiger partial charge in [0.1, 0.15) is 42.3 Å². The molecule has 1 unspecified atom stereocenters. The molecular formula is C52H78N18O11. The number of fused-ring (bicyclic) bond motifs is 1. The van der Waals surface area contributed by atoms with Crippen molar-refractivity contribution in [3.05, 3.63) is 71.8 Å². The summed E-state index contributed by atoms with van der Waals surface area (Å²) in [5.41, 5.74) is 42.4. The van der Waals surface area contributed by atoms with Gasteiger partial charge in [0.15, 0.2) is 5.96 Å². The summed E-state index contributed by atoms with van der Waals surface area (Å²) in [6.07, 6.45) is 9.19. The highest BCUT2D eigenvalue weighted by molar-refractivity contribution is 6.00. The van der Waals surface area contributed by atoms with Gasteiger partial charge in [-0.2, -0.15) is 0 Å². The molecular weight excluding hydrogens is 1050 g/mol. The standard InChI is InChI=1S/C52H78N18O11/c1-5-26(3)42(65-45(75)32(53)15-11-17-59-52(57)58)50(80)63-35(20-40(54)72)47(77)61-36(21-41(55)73)48(78)66-43(27(4)6-2)51(81)69-23-29(37-24-70(68-67-37)30-12-7-8-13-30)19-39(69)49(79)62-34(46(76)64-38(25-71)44(56)74)18-28-22-60-33-16-10-9-14-31(28)33/h7-10,12,14,16,22,24,26-27,29,32,34-36,38-39,42-43,60,67-68,71H,5-6,11,13,15,17-21,23,25,53H2,1-4H3,(H2,54,72)(H2,55,73)(H2,56,74)(H,61,77)(H,62,79)(H,63,80)(H,64,76)(H,65,75)(H,66,78)(H4,57,58,59)/t26-,27-,29?,32-,34-,35-,36-,38-,39-,42-,43-/m0/s1. The van der Waals surface area contributed by atoms with Gasteiger partial charge in [0.2, 0.25) is 59.1 Å². The molecule has 1 aliphatic carbocycles. The third-order valence-electron chi connectivity index (χ3n) is 14.5. The lowest BCUT2D eigenvalue weighted by Crippen LogP contribution is -2.62. The van der Waals surface area contributed by atoms with Crippen molar-refractivity contribution >= 4 is 75.9 Å². The summed E-state index contributed by atoms with van der Waals surface area (Å²) < 4.78 is 0. The zero-order valence-corrected chi connectivity index (χ0v) is 45.9. The van der Waals surface area contributed by atoms with E-state index in [-0.39, 0.29) is 44.7 Å². The van der Waals surface area contributed by atoms with E-state index in [1.807, 2.05) is 36.4 Å². The van der Waals surface area contributed by atoms with Gasteiger partial charge in [0.25, 0.3) is 0 Å². The highest BCUT2D eigenvalue weighted by atomic mass is 16.3. The fraction of sp³-hybridized carbons (Fsp3) is 0.519. The normalized spacial score (nSPS) is 18.9. The number of hydrazine groups is 2. The van der Waals surface area contributed by atoms with E-state index in [1.54, 1.807) is 51.2 Å². The molecule has 2 aromatic rings. The Kier molecular flexibility index (Phi) is 23.1. The topological polar surface area (TPSA) is 478 Å². The van der Waals surface area contributed by atoms with E-state index in [9.17, 15) is 48.3 Å². The van der Waals surface area contributed by atoms with Crippen molar-refractivity contribution in [2.24, 2.45) is 57.1 Å². The zero-order valence-electron chi connectivity index (χ0n) is 45.9. The number of aliphatic imine (C=N–C) groups is 1. The average Bonchev–Trinajstić information content (AvgIpc) is 4.43. The molecule has 5 rings (SSSR count). The monoisotopic (exact) mass is 1130 g/mol. The van der Waals surface area contributed by atoms with E-state index >= 15 is 4.79 Å². The van der Waals surface area contributed by atoms with Crippen LogP contribution in [0.4, 0.5) is 0 Å². The molecule has 3 heterocycles. The molecule has 81 heavy (non-hydrogen) atoms. The number of likely N-dealkylation sites (tertiary alicyclic amines) is 1. The second kappa shape index (κ2) is 29.6. The van der Waals surface area contributed by atoms with Crippen molar-refractivity contribution in [1.29, 1.82) is 0 Å². The number of guanidine groups is 1. The maximum atomic E-state index is 15.2. The van der Waals surface area contributed by atoms with Crippen LogP contribution in [0.15, 0.2) is 71.3 Å². The molecule has 2 aliphatic heterocycles.